The molecule has 0 saturated carbocycles. The summed E-state index contributed by atoms with van der Waals surface area (Å²) in [7, 11) is 2.10. The molecular weight excluding hydrogens is 454 g/mol. The largest absolute Gasteiger partial charge is 0.490 e. The fraction of sp³-hybridized carbons (Fsp3) is 0.310. The van der Waals surface area contributed by atoms with E-state index < -0.39 is 0 Å². The van der Waals surface area contributed by atoms with E-state index in [4.69, 9.17) is 9.47 Å². The number of ether oxygens (including phenoxy) is 2. The third-order valence-electron chi connectivity index (χ3n) is 6.12. The molecule has 3 aromatic rings. The molecule has 0 bridgehead atoms. The summed E-state index contributed by atoms with van der Waals surface area (Å²) in [5.74, 6) is 0.744. The van der Waals surface area contributed by atoms with Crippen molar-refractivity contribution >= 4 is 17.5 Å². The van der Waals surface area contributed by atoms with E-state index in [1.807, 2.05) is 32.0 Å². The summed E-state index contributed by atoms with van der Waals surface area (Å²) in [4.78, 5) is 27.9. The van der Waals surface area contributed by atoms with Gasteiger partial charge in [-0.1, -0.05) is 18.2 Å². The van der Waals surface area contributed by atoms with Crippen molar-refractivity contribution in [3.05, 3.63) is 88.5 Å². The second-order valence-electron chi connectivity index (χ2n) is 8.84. The number of carbonyl (C=O) groups is 2. The molecule has 1 heterocycles. The summed E-state index contributed by atoms with van der Waals surface area (Å²) in [6, 6.07) is 18.5. The third-order valence-corrected chi connectivity index (χ3v) is 6.12. The van der Waals surface area contributed by atoms with Crippen molar-refractivity contribution in [3.8, 4) is 11.5 Å². The van der Waals surface area contributed by atoms with Crippen LogP contribution in [0, 0.1) is 0 Å². The Morgan fingerprint density at radius 3 is 2.44 bits per heavy atom. The van der Waals surface area contributed by atoms with E-state index in [0.29, 0.717) is 42.4 Å². The standard InChI is InChI=1S/C29H33N3O4/c1-4-35-26-12-10-23(17-27(26)36-5-2)28(33)30-18-20-7-6-8-22(15-20)29(34)31-25-11-9-21-13-14-32(3)19-24(21)16-25/h6-12,15-17H,4-5,13-14,18-19H2,1-3H3,(H,30,33)(H,31,34). The van der Waals surface area contributed by atoms with Crippen LogP contribution in [0.2, 0.25) is 0 Å². The number of nitrogens with one attached hydrogen (secondary N) is 2. The highest BCUT2D eigenvalue weighted by Gasteiger charge is 2.15. The molecule has 0 aromatic heterocycles. The first-order chi connectivity index (χ1) is 17.5. The monoisotopic (exact) mass is 487 g/mol. The quantitative estimate of drug-likeness (QED) is 0.459. The Kier molecular flexibility index (Phi) is 8.23. The lowest BCUT2D eigenvalue weighted by Crippen LogP contribution is -2.26. The molecular formula is C29H33N3O4. The molecule has 2 amide bonds. The van der Waals surface area contributed by atoms with Crippen LogP contribution < -0.4 is 20.1 Å². The lowest BCUT2D eigenvalue weighted by molar-refractivity contribution is 0.0950. The van der Waals surface area contributed by atoms with Crippen LogP contribution in [0.4, 0.5) is 5.69 Å². The summed E-state index contributed by atoms with van der Waals surface area (Å²) in [6.07, 6.45) is 1.03. The molecule has 188 valence electrons. The van der Waals surface area contributed by atoms with Gasteiger partial charge in [0, 0.05) is 36.4 Å². The van der Waals surface area contributed by atoms with Crippen molar-refractivity contribution in [2.45, 2.75) is 33.4 Å². The third kappa shape index (κ3) is 6.23. The topological polar surface area (TPSA) is 79.9 Å². The molecule has 7 heteroatoms. The molecule has 0 spiro atoms. The van der Waals surface area contributed by atoms with Crippen LogP contribution in [0.25, 0.3) is 0 Å². The van der Waals surface area contributed by atoms with Gasteiger partial charge in [-0.25, -0.2) is 0 Å². The van der Waals surface area contributed by atoms with Crippen molar-refractivity contribution in [2.24, 2.45) is 0 Å². The minimum Gasteiger partial charge on any atom is -0.490 e. The van der Waals surface area contributed by atoms with Crippen LogP contribution in [0.15, 0.2) is 60.7 Å². The van der Waals surface area contributed by atoms with Crippen LogP contribution in [0.3, 0.4) is 0 Å². The summed E-state index contributed by atoms with van der Waals surface area (Å²) in [6.45, 7) is 7.00. The van der Waals surface area contributed by atoms with Crippen LogP contribution in [-0.2, 0) is 19.5 Å². The van der Waals surface area contributed by atoms with E-state index >= 15 is 0 Å². The summed E-state index contributed by atoms with van der Waals surface area (Å²) in [5, 5.41) is 5.92. The van der Waals surface area contributed by atoms with Crippen LogP contribution in [0.1, 0.15) is 51.3 Å². The fourth-order valence-corrected chi connectivity index (χ4v) is 4.28. The lowest BCUT2D eigenvalue weighted by Gasteiger charge is -2.25. The normalized spacial score (nSPS) is 13.0. The second-order valence-corrected chi connectivity index (χ2v) is 8.84. The van der Waals surface area contributed by atoms with E-state index in [0.717, 1.165) is 30.8 Å². The van der Waals surface area contributed by atoms with Gasteiger partial charge in [-0.15, -0.1) is 0 Å². The highest BCUT2D eigenvalue weighted by molar-refractivity contribution is 6.04. The number of likely N-dealkylation sites (N-methyl/N-ethyl adjacent to an activating group) is 1. The van der Waals surface area contributed by atoms with Crippen molar-refractivity contribution in [1.82, 2.24) is 10.2 Å². The van der Waals surface area contributed by atoms with Gasteiger partial charge in [0.05, 0.1) is 13.2 Å². The van der Waals surface area contributed by atoms with Crippen LogP contribution in [-0.4, -0.2) is 43.5 Å². The first-order valence-electron chi connectivity index (χ1n) is 12.3. The smallest absolute Gasteiger partial charge is 0.255 e. The van der Waals surface area contributed by atoms with Gasteiger partial charge in [-0.2, -0.15) is 0 Å². The second kappa shape index (κ2) is 11.7. The lowest BCUT2D eigenvalue weighted by atomic mass is 9.99. The number of fused-ring (bicyclic) bond motifs is 1. The molecule has 36 heavy (non-hydrogen) atoms. The van der Waals surface area contributed by atoms with Crippen molar-refractivity contribution in [3.63, 3.8) is 0 Å². The molecule has 7 nitrogen and oxygen atoms in total. The zero-order chi connectivity index (χ0) is 25.5. The maximum Gasteiger partial charge on any atom is 0.255 e. The van der Waals surface area contributed by atoms with Gasteiger partial charge in [-0.3, -0.25) is 9.59 Å². The predicted octanol–water partition coefficient (Wildman–Crippen LogP) is 4.65. The van der Waals surface area contributed by atoms with E-state index in [1.54, 1.807) is 30.3 Å². The molecule has 3 aromatic carbocycles. The van der Waals surface area contributed by atoms with Gasteiger partial charge >= 0.3 is 0 Å². The zero-order valence-electron chi connectivity index (χ0n) is 21.1. The van der Waals surface area contributed by atoms with Crippen molar-refractivity contribution in [1.29, 1.82) is 0 Å². The number of rotatable bonds is 9. The van der Waals surface area contributed by atoms with Gasteiger partial charge in [0.25, 0.3) is 11.8 Å². The van der Waals surface area contributed by atoms with E-state index in [9.17, 15) is 9.59 Å². The maximum atomic E-state index is 12.9. The molecule has 0 radical (unpaired) electrons. The molecule has 0 atom stereocenters. The number of amides is 2. The highest BCUT2D eigenvalue weighted by Crippen LogP contribution is 2.28. The Morgan fingerprint density at radius 1 is 0.861 bits per heavy atom. The first-order valence-corrected chi connectivity index (χ1v) is 12.3. The Labute approximate surface area is 212 Å². The highest BCUT2D eigenvalue weighted by atomic mass is 16.5. The maximum absolute atomic E-state index is 12.9. The number of nitrogens with zero attached hydrogens (tertiary/aromatic N) is 1. The molecule has 2 N–H and O–H groups in total. The van der Waals surface area contributed by atoms with Gasteiger partial charge in [0.2, 0.25) is 0 Å². The molecule has 4 rings (SSSR count). The van der Waals surface area contributed by atoms with E-state index in [1.165, 1.54) is 11.1 Å². The number of carbonyl (C=O) groups excluding carboxylic acids is 2. The minimum absolute atomic E-state index is 0.180. The molecule has 1 aliphatic rings. The Hall–Kier alpha value is -3.84. The molecule has 0 unspecified atom stereocenters. The molecule has 0 saturated heterocycles. The molecule has 0 fully saturated rings. The summed E-state index contributed by atoms with van der Waals surface area (Å²) in [5.41, 5.74) is 5.22. The summed E-state index contributed by atoms with van der Waals surface area (Å²) >= 11 is 0. The van der Waals surface area contributed by atoms with Crippen LogP contribution >= 0.6 is 0 Å². The Balaban J connectivity index is 1.39. The number of anilines is 1. The van der Waals surface area contributed by atoms with E-state index in [2.05, 4.69) is 34.7 Å². The number of hydrogen-bond acceptors (Lipinski definition) is 5. The Bertz CT molecular complexity index is 1240. The van der Waals surface area contributed by atoms with Crippen molar-refractivity contribution in [2.75, 3.05) is 32.1 Å². The average molecular weight is 488 g/mol. The number of hydrogen-bond donors (Lipinski definition) is 2. The SMILES string of the molecule is CCOc1ccc(C(=O)NCc2cccc(C(=O)Nc3ccc4c(c3)CN(C)CC4)c2)cc1OCC. The number of benzene rings is 3. The zero-order valence-corrected chi connectivity index (χ0v) is 21.1. The predicted molar refractivity (Wildman–Crippen MR) is 141 cm³/mol. The van der Waals surface area contributed by atoms with Crippen molar-refractivity contribution < 1.29 is 19.1 Å². The molecule has 0 aliphatic carbocycles. The first kappa shape index (κ1) is 25.3. The fourth-order valence-electron chi connectivity index (χ4n) is 4.28. The van der Waals surface area contributed by atoms with E-state index in [-0.39, 0.29) is 11.8 Å². The van der Waals surface area contributed by atoms with Gasteiger partial charge < -0.3 is 25.0 Å². The minimum atomic E-state index is -0.229. The van der Waals surface area contributed by atoms with Gasteiger partial charge in [0.15, 0.2) is 11.5 Å². The van der Waals surface area contributed by atoms with Gasteiger partial charge in [-0.05, 0) is 86.5 Å². The van der Waals surface area contributed by atoms with Crippen LogP contribution in [0.5, 0.6) is 11.5 Å². The average Bonchev–Trinajstić information content (AvgIpc) is 2.88. The Morgan fingerprint density at radius 2 is 1.64 bits per heavy atom. The molecule has 1 aliphatic heterocycles. The summed E-state index contributed by atoms with van der Waals surface area (Å²) < 4.78 is 11.2. The van der Waals surface area contributed by atoms with Gasteiger partial charge in [0.1, 0.15) is 0 Å².